The maximum absolute atomic E-state index is 11.8. The fraction of sp³-hybridized carbons (Fsp3) is 0.467. The van der Waals surface area contributed by atoms with E-state index in [1.807, 2.05) is 0 Å². The molecule has 110 valence electrons. The van der Waals surface area contributed by atoms with Crippen LogP contribution in [0.5, 0.6) is 0 Å². The molecule has 0 spiro atoms. The monoisotopic (exact) mass is 288 g/mol. The van der Waals surface area contributed by atoms with Gasteiger partial charge in [0.1, 0.15) is 0 Å². The summed E-state index contributed by atoms with van der Waals surface area (Å²) in [5, 5.41) is 19.9. The first-order chi connectivity index (χ1) is 10.0. The number of non-ortho nitro benzene ring substituents is 1. The first kappa shape index (κ1) is 15.0. The van der Waals surface area contributed by atoms with Crippen molar-refractivity contribution in [2.24, 2.45) is 5.92 Å². The van der Waals surface area contributed by atoms with Gasteiger partial charge in [-0.15, -0.1) is 0 Å². The average Bonchev–Trinajstić information content (AvgIpc) is 2.42. The van der Waals surface area contributed by atoms with E-state index in [0.717, 1.165) is 5.56 Å². The lowest BCUT2D eigenvalue weighted by atomic mass is 9.57. The van der Waals surface area contributed by atoms with Gasteiger partial charge in [-0.05, 0) is 25.3 Å². The van der Waals surface area contributed by atoms with Gasteiger partial charge in [0.05, 0.1) is 24.0 Å². The topological polar surface area (TPSA) is 93.2 Å². The SMILES string of the molecule is CCOC(=O)CC1(c2cccc([N+](=O)[O-])c2)CC(C#N)C1. The van der Waals surface area contributed by atoms with E-state index in [2.05, 4.69) is 6.07 Å². The van der Waals surface area contributed by atoms with Crippen molar-refractivity contribution >= 4 is 11.7 Å². The molecule has 6 heteroatoms. The van der Waals surface area contributed by atoms with E-state index >= 15 is 0 Å². The molecule has 0 N–H and O–H groups in total. The van der Waals surface area contributed by atoms with Gasteiger partial charge in [0.2, 0.25) is 0 Å². The standard InChI is InChI=1S/C15H16N2O4/c1-2-21-14(18)9-15(7-11(8-15)10-16)12-4-3-5-13(6-12)17(19)20/h3-6,11H,2,7-9H2,1H3. The molecule has 1 saturated carbocycles. The number of hydrogen-bond acceptors (Lipinski definition) is 5. The summed E-state index contributed by atoms with van der Waals surface area (Å²) in [6, 6.07) is 8.48. The fourth-order valence-electron chi connectivity index (χ4n) is 2.89. The van der Waals surface area contributed by atoms with Crippen molar-refractivity contribution in [3.63, 3.8) is 0 Å². The summed E-state index contributed by atoms with van der Waals surface area (Å²) in [4.78, 5) is 22.2. The number of benzene rings is 1. The second-order valence-corrected chi connectivity index (χ2v) is 5.30. The van der Waals surface area contributed by atoms with E-state index in [-0.39, 0.29) is 24.0 Å². The lowest BCUT2D eigenvalue weighted by Crippen LogP contribution is -2.42. The van der Waals surface area contributed by atoms with Crippen LogP contribution in [0.2, 0.25) is 0 Å². The summed E-state index contributed by atoms with van der Waals surface area (Å²) in [7, 11) is 0. The van der Waals surface area contributed by atoms with E-state index in [4.69, 9.17) is 10.00 Å². The molecule has 1 aromatic rings. The molecule has 0 atom stereocenters. The number of ether oxygens (including phenoxy) is 1. The molecular formula is C15H16N2O4. The third-order valence-corrected chi connectivity index (χ3v) is 3.91. The predicted octanol–water partition coefficient (Wildman–Crippen LogP) is 2.72. The van der Waals surface area contributed by atoms with Gasteiger partial charge in [-0.2, -0.15) is 5.26 Å². The second-order valence-electron chi connectivity index (χ2n) is 5.30. The highest BCUT2D eigenvalue weighted by molar-refractivity contribution is 5.72. The minimum Gasteiger partial charge on any atom is -0.466 e. The van der Waals surface area contributed by atoms with Crippen LogP contribution in [0, 0.1) is 27.4 Å². The number of carbonyl (C=O) groups is 1. The van der Waals surface area contributed by atoms with Crippen LogP contribution in [0.15, 0.2) is 24.3 Å². The maximum atomic E-state index is 11.8. The molecule has 1 aromatic carbocycles. The van der Waals surface area contributed by atoms with Gasteiger partial charge in [-0.25, -0.2) is 0 Å². The zero-order valence-electron chi connectivity index (χ0n) is 11.7. The highest BCUT2D eigenvalue weighted by Crippen LogP contribution is 2.50. The van der Waals surface area contributed by atoms with Crippen LogP contribution < -0.4 is 0 Å². The Hall–Kier alpha value is -2.42. The fourth-order valence-corrected chi connectivity index (χ4v) is 2.89. The summed E-state index contributed by atoms with van der Waals surface area (Å²) in [5.41, 5.74) is 0.214. The van der Waals surface area contributed by atoms with Crippen molar-refractivity contribution in [1.29, 1.82) is 5.26 Å². The molecule has 0 aromatic heterocycles. The molecule has 0 heterocycles. The Bertz CT molecular complexity index is 600. The summed E-state index contributed by atoms with van der Waals surface area (Å²) >= 11 is 0. The molecule has 2 rings (SSSR count). The predicted molar refractivity (Wildman–Crippen MR) is 74.4 cm³/mol. The Morgan fingerprint density at radius 2 is 2.29 bits per heavy atom. The van der Waals surface area contributed by atoms with Gasteiger partial charge in [-0.1, -0.05) is 12.1 Å². The van der Waals surface area contributed by atoms with Gasteiger partial charge in [0.15, 0.2) is 0 Å². The quantitative estimate of drug-likeness (QED) is 0.471. The molecule has 0 radical (unpaired) electrons. The Balaban J connectivity index is 2.29. The number of nitriles is 1. The summed E-state index contributed by atoms with van der Waals surface area (Å²) in [6.07, 6.45) is 1.22. The molecule has 0 aliphatic heterocycles. The first-order valence-corrected chi connectivity index (χ1v) is 6.81. The first-order valence-electron chi connectivity index (χ1n) is 6.81. The zero-order valence-corrected chi connectivity index (χ0v) is 11.7. The van der Waals surface area contributed by atoms with Crippen molar-refractivity contribution in [2.75, 3.05) is 6.61 Å². The minimum atomic E-state index is -0.515. The van der Waals surface area contributed by atoms with Crippen LogP contribution in [-0.2, 0) is 14.9 Å². The van der Waals surface area contributed by atoms with E-state index < -0.39 is 10.3 Å². The van der Waals surface area contributed by atoms with Crippen LogP contribution in [0.1, 0.15) is 31.7 Å². The van der Waals surface area contributed by atoms with Crippen LogP contribution in [0.3, 0.4) is 0 Å². The van der Waals surface area contributed by atoms with Crippen molar-refractivity contribution in [3.8, 4) is 6.07 Å². The molecular weight excluding hydrogens is 272 g/mol. The number of nitro groups is 1. The number of nitrogens with zero attached hydrogens (tertiary/aromatic N) is 2. The molecule has 21 heavy (non-hydrogen) atoms. The number of esters is 1. The van der Waals surface area contributed by atoms with E-state index in [1.165, 1.54) is 12.1 Å². The van der Waals surface area contributed by atoms with Gasteiger partial charge >= 0.3 is 5.97 Å². The second kappa shape index (κ2) is 5.92. The Labute approximate surface area is 122 Å². The van der Waals surface area contributed by atoms with Crippen LogP contribution >= 0.6 is 0 Å². The number of nitro benzene ring substituents is 1. The largest absolute Gasteiger partial charge is 0.466 e. The third-order valence-electron chi connectivity index (χ3n) is 3.91. The van der Waals surface area contributed by atoms with Crippen LogP contribution in [-0.4, -0.2) is 17.5 Å². The van der Waals surface area contributed by atoms with Crippen molar-refractivity contribution < 1.29 is 14.5 Å². The molecule has 0 saturated heterocycles. The molecule has 0 bridgehead atoms. The summed E-state index contributed by atoms with van der Waals surface area (Å²) < 4.78 is 4.99. The number of rotatable bonds is 5. The van der Waals surface area contributed by atoms with Crippen LogP contribution in [0.4, 0.5) is 5.69 Å². The smallest absolute Gasteiger partial charge is 0.306 e. The van der Waals surface area contributed by atoms with E-state index in [9.17, 15) is 14.9 Å². The van der Waals surface area contributed by atoms with E-state index in [0.29, 0.717) is 19.4 Å². The Morgan fingerprint density at radius 3 is 2.86 bits per heavy atom. The minimum absolute atomic E-state index is 0.00357. The third kappa shape index (κ3) is 3.02. The maximum Gasteiger partial charge on any atom is 0.306 e. The zero-order chi connectivity index (χ0) is 15.5. The van der Waals surface area contributed by atoms with Gasteiger partial charge in [0.25, 0.3) is 5.69 Å². The Kier molecular flexibility index (Phi) is 4.22. The van der Waals surface area contributed by atoms with Gasteiger partial charge < -0.3 is 4.74 Å². The molecule has 1 aliphatic rings. The molecule has 0 amide bonds. The highest BCUT2D eigenvalue weighted by Gasteiger charge is 2.47. The van der Waals surface area contributed by atoms with Crippen molar-refractivity contribution in [1.82, 2.24) is 0 Å². The van der Waals surface area contributed by atoms with Crippen molar-refractivity contribution in [2.45, 2.75) is 31.6 Å². The summed E-state index contributed by atoms with van der Waals surface area (Å²) in [5.74, 6) is -0.445. The lowest BCUT2D eigenvalue weighted by Gasteiger charge is -2.44. The van der Waals surface area contributed by atoms with Crippen LogP contribution in [0.25, 0.3) is 0 Å². The van der Waals surface area contributed by atoms with Gasteiger partial charge in [0, 0.05) is 23.5 Å². The Morgan fingerprint density at radius 1 is 1.57 bits per heavy atom. The molecule has 0 unspecified atom stereocenters. The number of carbonyl (C=O) groups excluding carboxylic acids is 1. The van der Waals surface area contributed by atoms with E-state index in [1.54, 1.807) is 19.1 Å². The molecule has 1 aliphatic carbocycles. The highest BCUT2D eigenvalue weighted by atomic mass is 16.6. The average molecular weight is 288 g/mol. The van der Waals surface area contributed by atoms with Gasteiger partial charge in [-0.3, -0.25) is 14.9 Å². The molecule has 1 fully saturated rings. The van der Waals surface area contributed by atoms with Crippen molar-refractivity contribution in [3.05, 3.63) is 39.9 Å². The lowest BCUT2D eigenvalue weighted by molar-refractivity contribution is -0.385. The summed E-state index contributed by atoms with van der Waals surface area (Å²) in [6.45, 7) is 2.03. The normalized spacial score (nSPS) is 23.7. The molecule has 6 nitrogen and oxygen atoms in total. The number of hydrogen-bond donors (Lipinski definition) is 0.